The van der Waals surface area contributed by atoms with Gasteiger partial charge in [-0.15, -0.1) is 0 Å². The molecule has 1 heterocycles. The molecule has 0 aliphatic carbocycles. The van der Waals surface area contributed by atoms with Crippen LogP contribution in [0.25, 0.3) is 5.69 Å². The lowest BCUT2D eigenvalue weighted by molar-refractivity contribution is 0.0927. The van der Waals surface area contributed by atoms with Gasteiger partial charge in [0.1, 0.15) is 0 Å². The molecule has 4 heteroatoms. The Morgan fingerprint density at radius 1 is 1.29 bits per heavy atom. The van der Waals surface area contributed by atoms with Gasteiger partial charge in [0.15, 0.2) is 0 Å². The van der Waals surface area contributed by atoms with Gasteiger partial charge in [0.25, 0.3) is 5.91 Å². The first-order valence-corrected chi connectivity index (χ1v) is 6.90. The van der Waals surface area contributed by atoms with Crippen molar-refractivity contribution in [1.29, 1.82) is 0 Å². The molecule has 0 aliphatic heterocycles. The fourth-order valence-electron chi connectivity index (χ4n) is 1.90. The molecule has 2 rings (SSSR count). The van der Waals surface area contributed by atoms with Gasteiger partial charge in [-0.05, 0) is 37.3 Å². The van der Waals surface area contributed by atoms with Gasteiger partial charge in [-0.3, -0.25) is 4.79 Å². The third-order valence-electron chi connectivity index (χ3n) is 2.89. The maximum absolute atomic E-state index is 12.1. The van der Waals surface area contributed by atoms with Gasteiger partial charge in [-0.25, -0.2) is 0 Å². The molecule has 1 N–H and O–H groups in total. The maximum Gasteiger partial charge on any atom is 0.251 e. The van der Waals surface area contributed by atoms with E-state index in [-0.39, 0.29) is 5.91 Å². The van der Waals surface area contributed by atoms with Crippen molar-refractivity contribution in [3.05, 3.63) is 66.5 Å². The van der Waals surface area contributed by atoms with Gasteiger partial charge in [-0.2, -0.15) is 0 Å². The van der Waals surface area contributed by atoms with E-state index in [9.17, 15) is 4.79 Å². The van der Waals surface area contributed by atoms with E-state index in [0.29, 0.717) is 25.3 Å². The van der Waals surface area contributed by atoms with Crippen LogP contribution in [0.2, 0.25) is 0 Å². The molecule has 0 unspecified atom stereocenters. The number of ether oxygens (including phenoxy) is 1. The van der Waals surface area contributed by atoms with Gasteiger partial charge in [0.05, 0.1) is 13.2 Å². The molecule has 0 radical (unpaired) electrons. The predicted molar refractivity (Wildman–Crippen MR) is 83.7 cm³/mol. The normalized spacial score (nSPS) is 10.3. The first-order chi connectivity index (χ1) is 10.2. The Kier molecular flexibility index (Phi) is 5.35. The number of nitrogens with one attached hydrogen (secondary N) is 1. The lowest BCUT2D eigenvalue weighted by Crippen LogP contribution is -2.27. The SMILES string of the molecule is C=C(C)COCCNC(=O)c1cccc(-n2cccc2)c1. The van der Waals surface area contributed by atoms with Crippen LogP contribution in [-0.2, 0) is 4.74 Å². The molecule has 4 nitrogen and oxygen atoms in total. The first-order valence-electron chi connectivity index (χ1n) is 6.90. The van der Waals surface area contributed by atoms with Crippen molar-refractivity contribution in [2.75, 3.05) is 19.8 Å². The van der Waals surface area contributed by atoms with E-state index < -0.39 is 0 Å². The lowest BCUT2D eigenvalue weighted by atomic mass is 10.2. The van der Waals surface area contributed by atoms with Crippen LogP contribution in [0.3, 0.4) is 0 Å². The standard InChI is InChI=1S/C17H20N2O2/c1-14(2)13-21-11-8-18-17(20)15-6-5-7-16(12-15)19-9-3-4-10-19/h3-7,9-10,12H,1,8,11,13H2,2H3,(H,18,20). The van der Waals surface area contributed by atoms with Crippen LogP contribution in [-0.4, -0.2) is 30.2 Å². The van der Waals surface area contributed by atoms with Crippen molar-refractivity contribution in [2.45, 2.75) is 6.92 Å². The number of nitrogens with zero attached hydrogens (tertiary/aromatic N) is 1. The number of carbonyl (C=O) groups is 1. The highest BCUT2D eigenvalue weighted by Gasteiger charge is 2.06. The third-order valence-corrected chi connectivity index (χ3v) is 2.89. The minimum atomic E-state index is -0.0945. The van der Waals surface area contributed by atoms with Gasteiger partial charge < -0.3 is 14.6 Å². The van der Waals surface area contributed by atoms with Crippen LogP contribution in [0.4, 0.5) is 0 Å². The second kappa shape index (κ2) is 7.45. The molecule has 0 spiro atoms. The highest BCUT2D eigenvalue weighted by Crippen LogP contribution is 2.10. The zero-order valence-corrected chi connectivity index (χ0v) is 12.2. The van der Waals surface area contributed by atoms with Crippen LogP contribution >= 0.6 is 0 Å². The fraction of sp³-hybridized carbons (Fsp3) is 0.235. The van der Waals surface area contributed by atoms with Crippen LogP contribution in [0, 0.1) is 0 Å². The summed E-state index contributed by atoms with van der Waals surface area (Å²) in [5.41, 5.74) is 2.58. The minimum Gasteiger partial charge on any atom is -0.375 e. The molecular weight excluding hydrogens is 264 g/mol. The van der Waals surface area contributed by atoms with Crippen molar-refractivity contribution in [1.82, 2.24) is 9.88 Å². The van der Waals surface area contributed by atoms with Crippen LogP contribution < -0.4 is 5.32 Å². The van der Waals surface area contributed by atoms with Gasteiger partial charge in [-0.1, -0.05) is 18.2 Å². The third kappa shape index (κ3) is 4.61. The Morgan fingerprint density at radius 2 is 2.05 bits per heavy atom. The summed E-state index contributed by atoms with van der Waals surface area (Å²) in [6, 6.07) is 11.4. The summed E-state index contributed by atoms with van der Waals surface area (Å²) in [6.07, 6.45) is 3.89. The average Bonchev–Trinajstić information content (AvgIpc) is 3.01. The summed E-state index contributed by atoms with van der Waals surface area (Å²) in [7, 11) is 0. The number of hydrogen-bond acceptors (Lipinski definition) is 2. The average molecular weight is 284 g/mol. The molecule has 2 aromatic rings. The summed E-state index contributed by atoms with van der Waals surface area (Å²) in [5.74, 6) is -0.0945. The van der Waals surface area contributed by atoms with Crippen molar-refractivity contribution in [2.24, 2.45) is 0 Å². The van der Waals surface area contributed by atoms with Crippen molar-refractivity contribution in [3.8, 4) is 5.69 Å². The Morgan fingerprint density at radius 3 is 2.76 bits per heavy atom. The second-order valence-corrected chi connectivity index (χ2v) is 4.91. The number of benzene rings is 1. The number of amides is 1. The summed E-state index contributed by atoms with van der Waals surface area (Å²) in [4.78, 5) is 12.1. The summed E-state index contributed by atoms with van der Waals surface area (Å²) < 4.78 is 7.31. The lowest BCUT2D eigenvalue weighted by Gasteiger charge is -2.08. The van der Waals surface area contributed by atoms with E-state index in [1.807, 2.05) is 54.2 Å². The van der Waals surface area contributed by atoms with E-state index in [1.165, 1.54) is 0 Å². The Bertz CT molecular complexity index is 603. The number of carbonyl (C=O) groups excluding carboxylic acids is 1. The molecule has 1 amide bonds. The molecule has 0 saturated heterocycles. The van der Waals surface area contributed by atoms with E-state index in [1.54, 1.807) is 6.07 Å². The highest BCUT2D eigenvalue weighted by atomic mass is 16.5. The number of hydrogen-bond donors (Lipinski definition) is 1. The zero-order chi connectivity index (χ0) is 15.1. The van der Waals surface area contributed by atoms with E-state index in [0.717, 1.165) is 11.3 Å². The molecule has 0 aliphatic rings. The predicted octanol–water partition coefficient (Wildman–Crippen LogP) is 2.80. The molecule has 21 heavy (non-hydrogen) atoms. The minimum absolute atomic E-state index is 0.0945. The summed E-state index contributed by atoms with van der Waals surface area (Å²) in [6.45, 7) is 7.16. The molecule has 1 aromatic carbocycles. The molecule has 0 fully saturated rings. The van der Waals surface area contributed by atoms with E-state index in [2.05, 4.69) is 11.9 Å². The quantitative estimate of drug-likeness (QED) is 0.627. The molecule has 1 aromatic heterocycles. The van der Waals surface area contributed by atoms with Crippen LogP contribution in [0.1, 0.15) is 17.3 Å². The summed E-state index contributed by atoms with van der Waals surface area (Å²) >= 11 is 0. The van der Waals surface area contributed by atoms with Gasteiger partial charge in [0.2, 0.25) is 0 Å². The molecule has 0 saturated carbocycles. The molecule has 110 valence electrons. The van der Waals surface area contributed by atoms with Crippen molar-refractivity contribution in [3.63, 3.8) is 0 Å². The smallest absolute Gasteiger partial charge is 0.251 e. The largest absolute Gasteiger partial charge is 0.375 e. The Labute approximate surface area is 125 Å². The zero-order valence-electron chi connectivity index (χ0n) is 12.2. The molecular formula is C17H20N2O2. The first kappa shape index (κ1) is 15.1. The van der Waals surface area contributed by atoms with Gasteiger partial charge >= 0.3 is 0 Å². The number of aromatic nitrogens is 1. The highest BCUT2D eigenvalue weighted by molar-refractivity contribution is 5.94. The maximum atomic E-state index is 12.1. The Hall–Kier alpha value is -2.33. The molecule has 0 bridgehead atoms. The summed E-state index contributed by atoms with van der Waals surface area (Å²) in [5, 5.41) is 2.84. The van der Waals surface area contributed by atoms with Crippen LogP contribution in [0.15, 0.2) is 60.9 Å². The monoisotopic (exact) mass is 284 g/mol. The Balaban J connectivity index is 1.88. The van der Waals surface area contributed by atoms with E-state index >= 15 is 0 Å². The topological polar surface area (TPSA) is 43.3 Å². The number of rotatable bonds is 7. The molecule has 0 atom stereocenters. The van der Waals surface area contributed by atoms with Crippen molar-refractivity contribution < 1.29 is 9.53 Å². The van der Waals surface area contributed by atoms with Crippen LogP contribution in [0.5, 0.6) is 0 Å². The van der Waals surface area contributed by atoms with E-state index in [4.69, 9.17) is 4.74 Å². The fourth-order valence-corrected chi connectivity index (χ4v) is 1.90. The van der Waals surface area contributed by atoms with Crippen molar-refractivity contribution >= 4 is 5.91 Å². The van der Waals surface area contributed by atoms with Gasteiger partial charge in [0, 0.05) is 30.2 Å². The second-order valence-electron chi connectivity index (χ2n) is 4.91.